The predicted molar refractivity (Wildman–Crippen MR) is 111 cm³/mol. The molecule has 3 aromatic rings. The average molecular weight is 479 g/mol. The fraction of sp³-hybridized carbons (Fsp3) is 0.167. The molecule has 2 heterocycles. The van der Waals surface area contributed by atoms with E-state index >= 15 is 0 Å². The van der Waals surface area contributed by atoms with Crippen molar-refractivity contribution in [1.29, 1.82) is 0 Å². The van der Waals surface area contributed by atoms with E-state index in [0.29, 0.717) is 23.1 Å². The SMILES string of the molecule is CN(CC(=O)Nc1ccc(Br)cn1)Cc1nnc(C(=O)Nc2ccc(F)cc2)s1. The van der Waals surface area contributed by atoms with E-state index in [9.17, 15) is 14.0 Å². The Morgan fingerprint density at radius 3 is 2.59 bits per heavy atom. The van der Waals surface area contributed by atoms with Crippen LogP contribution in [0.3, 0.4) is 0 Å². The maximum atomic E-state index is 12.9. The van der Waals surface area contributed by atoms with Crippen molar-refractivity contribution in [3.8, 4) is 0 Å². The maximum Gasteiger partial charge on any atom is 0.286 e. The molecule has 3 rings (SSSR count). The molecule has 2 N–H and O–H groups in total. The normalized spacial score (nSPS) is 10.8. The summed E-state index contributed by atoms with van der Waals surface area (Å²) < 4.78 is 13.8. The smallest absolute Gasteiger partial charge is 0.286 e. The largest absolute Gasteiger partial charge is 0.320 e. The Morgan fingerprint density at radius 1 is 1.14 bits per heavy atom. The number of pyridine rings is 1. The Balaban J connectivity index is 1.50. The van der Waals surface area contributed by atoms with Crippen LogP contribution in [0.25, 0.3) is 0 Å². The molecule has 0 unspecified atom stereocenters. The second-order valence-corrected chi connectivity index (χ2v) is 8.02. The molecule has 0 radical (unpaired) electrons. The van der Waals surface area contributed by atoms with Gasteiger partial charge in [0.05, 0.1) is 13.1 Å². The Hall–Kier alpha value is -2.76. The Kier molecular flexibility index (Phi) is 6.96. The lowest BCUT2D eigenvalue weighted by Gasteiger charge is -2.14. The number of nitrogens with zero attached hydrogens (tertiary/aromatic N) is 4. The van der Waals surface area contributed by atoms with Crippen molar-refractivity contribution < 1.29 is 14.0 Å². The fourth-order valence-corrected chi connectivity index (χ4v) is 3.34. The van der Waals surface area contributed by atoms with E-state index in [1.807, 2.05) is 0 Å². The van der Waals surface area contributed by atoms with E-state index in [0.717, 1.165) is 15.8 Å². The zero-order valence-electron chi connectivity index (χ0n) is 15.2. The Bertz CT molecular complexity index is 996. The average Bonchev–Trinajstić information content (AvgIpc) is 3.14. The summed E-state index contributed by atoms with van der Waals surface area (Å²) in [6, 6.07) is 8.91. The first-order valence-corrected chi connectivity index (χ1v) is 9.99. The second kappa shape index (κ2) is 9.63. The van der Waals surface area contributed by atoms with Crippen LogP contribution in [0.15, 0.2) is 47.1 Å². The first-order chi connectivity index (χ1) is 13.9. The quantitative estimate of drug-likeness (QED) is 0.540. The molecule has 2 aromatic heterocycles. The van der Waals surface area contributed by atoms with Crippen molar-refractivity contribution in [3.63, 3.8) is 0 Å². The molecule has 0 fully saturated rings. The predicted octanol–water partition coefficient (Wildman–Crippen LogP) is 3.16. The van der Waals surface area contributed by atoms with E-state index < -0.39 is 5.91 Å². The highest BCUT2D eigenvalue weighted by Gasteiger charge is 2.15. The van der Waals surface area contributed by atoms with Gasteiger partial charge in [0.1, 0.15) is 16.6 Å². The third-order valence-corrected chi connectivity index (χ3v) is 4.95. The van der Waals surface area contributed by atoms with Crippen molar-refractivity contribution in [2.45, 2.75) is 6.54 Å². The molecule has 11 heteroatoms. The summed E-state index contributed by atoms with van der Waals surface area (Å²) in [5.74, 6) is -0.574. The Labute approximate surface area is 178 Å². The number of carbonyl (C=O) groups is 2. The molecule has 0 aliphatic heterocycles. The number of benzene rings is 1. The van der Waals surface area contributed by atoms with Gasteiger partial charge in [-0.2, -0.15) is 0 Å². The van der Waals surface area contributed by atoms with Crippen molar-refractivity contribution in [3.05, 3.63) is 62.9 Å². The van der Waals surface area contributed by atoms with E-state index in [2.05, 4.69) is 41.7 Å². The summed E-state index contributed by atoms with van der Waals surface area (Å²) in [7, 11) is 1.76. The Morgan fingerprint density at radius 2 is 1.90 bits per heavy atom. The van der Waals surface area contributed by atoms with Crippen molar-refractivity contribution in [2.75, 3.05) is 24.2 Å². The zero-order valence-corrected chi connectivity index (χ0v) is 17.6. The highest BCUT2D eigenvalue weighted by atomic mass is 79.9. The van der Waals surface area contributed by atoms with Gasteiger partial charge in [-0.1, -0.05) is 11.3 Å². The molecule has 1 aromatic carbocycles. The minimum Gasteiger partial charge on any atom is -0.320 e. The molecular weight excluding hydrogens is 463 g/mol. The molecule has 0 saturated carbocycles. The number of likely N-dealkylation sites (N-methyl/N-ethyl adjacent to an activating group) is 1. The van der Waals surface area contributed by atoms with Crippen molar-refractivity contribution >= 4 is 50.6 Å². The van der Waals surface area contributed by atoms with Crippen LogP contribution in [0, 0.1) is 5.82 Å². The van der Waals surface area contributed by atoms with Crippen LogP contribution in [-0.2, 0) is 11.3 Å². The summed E-state index contributed by atoms with van der Waals surface area (Å²) in [6.07, 6.45) is 1.60. The topological polar surface area (TPSA) is 100 Å². The maximum absolute atomic E-state index is 12.9. The number of hydrogen-bond acceptors (Lipinski definition) is 7. The number of halogens is 2. The van der Waals surface area contributed by atoms with Gasteiger partial charge in [-0.3, -0.25) is 14.5 Å². The number of rotatable bonds is 7. The molecule has 150 valence electrons. The summed E-state index contributed by atoms with van der Waals surface area (Å²) >= 11 is 4.41. The molecular formula is C18H16BrFN6O2S. The van der Waals surface area contributed by atoms with Gasteiger partial charge < -0.3 is 10.6 Å². The number of carbonyl (C=O) groups excluding carboxylic acids is 2. The second-order valence-electron chi connectivity index (χ2n) is 6.04. The summed E-state index contributed by atoms with van der Waals surface area (Å²) in [5, 5.41) is 14.0. The van der Waals surface area contributed by atoms with Crippen molar-refractivity contribution in [2.24, 2.45) is 0 Å². The van der Waals surface area contributed by atoms with Gasteiger partial charge in [0, 0.05) is 16.4 Å². The number of amides is 2. The number of anilines is 2. The third kappa shape index (κ3) is 6.38. The van der Waals surface area contributed by atoms with Crippen LogP contribution in [0.1, 0.15) is 14.8 Å². The van der Waals surface area contributed by atoms with E-state index in [-0.39, 0.29) is 23.3 Å². The highest BCUT2D eigenvalue weighted by molar-refractivity contribution is 9.10. The number of nitrogens with one attached hydrogen (secondary N) is 2. The van der Waals surface area contributed by atoms with Crippen LogP contribution in [0.2, 0.25) is 0 Å². The monoisotopic (exact) mass is 478 g/mol. The molecule has 8 nitrogen and oxygen atoms in total. The van der Waals surface area contributed by atoms with Gasteiger partial charge >= 0.3 is 0 Å². The van der Waals surface area contributed by atoms with Crippen LogP contribution < -0.4 is 10.6 Å². The molecule has 0 spiro atoms. The van der Waals surface area contributed by atoms with Crippen LogP contribution in [-0.4, -0.2) is 45.5 Å². The van der Waals surface area contributed by atoms with E-state index in [1.165, 1.54) is 24.3 Å². The van der Waals surface area contributed by atoms with Gasteiger partial charge in [0.25, 0.3) is 5.91 Å². The fourth-order valence-electron chi connectivity index (χ4n) is 2.29. The van der Waals surface area contributed by atoms with Crippen LogP contribution in [0.4, 0.5) is 15.9 Å². The van der Waals surface area contributed by atoms with Crippen LogP contribution >= 0.6 is 27.3 Å². The molecule has 29 heavy (non-hydrogen) atoms. The lowest BCUT2D eigenvalue weighted by atomic mass is 10.3. The van der Waals surface area contributed by atoms with E-state index in [1.54, 1.807) is 30.3 Å². The summed E-state index contributed by atoms with van der Waals surface area (Å²) in [6.45, 7) is 0.469. The number of hydrogen-bond donors (Lipinski definition) is 2. The molecule has 2 amide bonds. The lowest BCUT2D eigenvalue weighted by molar-refractivity contribution is -0.117. The molecule has 0 atom stereocenters. The van der Waals surface area contributed by atoms with Gasteiger partial charge in [-0.25, -0.2) is 9.37 Å². The zero-order chi connectivity index (χ0) is 20.8. The molecule has 0 bridgehead atoms. The van der Waals surface area contributed by atoms with Crippen LogP contribution in [0.5, 0.6) is 0 Å². The van der Waals surface area contributed by atoms with Gasteiger partial charge in [-0.15, -0.1) is 10.2 Å². The van der Waals surface area contributed by atoms with Gasteiger partial charge in [0.15, 0.2) is 0 Å². The van der Waals surface area contributed by atoms with Crippen molar-refractivity contribution in [1.82, 2.24) is 20.1 Å². The van der Waals surface area contributed by atoms with Gasteiger partial charge in [0.2, 0.25) is 10.9 Å². The molecule has 0 saturated heterocycles. The molecule has 0 aliphatic carbocycles. The van der Waals surface area contributed by atoms with E-state index in [4.69, 9.17) is 0 Å². The lowest BCUT2D eigenvalue weighted by Crippen LogP contribution is -2.30. The minimum atomic E-state index is -0.429. The summed E-state index contributed by atoms with van der Waals surface area (Å²) in [4.78, 5) is 30.2. The summed E-state index contributed by atoms with van der Waals surface area (Å²) in [5.41, 5.74) is 0.462. The molecule has 0 aliphatic rings. The van der Waals surface area contributed by atoms with Gasteiger partial charge in [-0.05, 0) is 59.4 Å². The number of aromatic nitrogens is 3. The minimum absolute atomic E-state index is 0.119. The first kappa shape index (κ1) is 21.0. The highest BCUT2D eigenvalue weighted by Crippen LogP contribution is 2.15. The third-order valence-electron chi connectivity index (χ3n) is 3.58. The first-order valence-electron chi connectivity index (χ1n) is 8.38. The standard InChI is InChI=1S/C18H16BrFN6O2S/c1-26(9-15(27)23-14-7-2-11(19)8-21-14)10-16-24-25-18(29-16)17(28)22-13-5-3-12(20)4-6-13/h2-8H,9-10H2,1H3,(H,22,28)(H,21,23,27).